The molecule has 0 aliphatic carbocycles. The van der Waals surface area contributed by atoms with Crippen molar-refractivity contribution in [3.63, 3.8) is 0 Å². The Morgan fingerprint density at radius 3 is 2.45 bits per heavy atom. The molecule has 0 radical (unpaired) electrons. The fourth-order valence-electron chi connectivity index (χ4n) is 4.34. The molecule has 2 fully saturated rings. The van der Waals surface area contributed by atoms with Gasteiger partial charge < -0.3 is 19.1 Å². The van der Waals surface area contributed by atoms with Crippen molar-refractivity contribution in [3.05, 3.63) is 23.8 Å². The molecule has 6 nitrogen and oxygen atoms in total. The summed E-state index contributed by atoms with van der Waals surface area (Å²) in [5.41, 5.74) is 0.110. The van der Waals surface area contributed by atoms with E-state index >= 15 is 0 Å². The van der Waals surface area contributed by atoms with Crippen LogP contribution in [0.2, 0.25) is 0 Å². The third-order valence-electron chi connectivity index (χ3n) is 5.55. The average molecular weight is 412 g/mol. The van der Waals surface area contributed by atoms with Gasteiger partial charge in [0.25, 0.3) is 5.91 Å². The molecular formula is C21H30F2N2O4. The molecule has 0 spiro atoms. The van der Waals surface area contributed by atoms with E-state index in [1.165, 1.54) is 19.2 Å². The quantitative estimate of drug-likeness (QED) is 0.718. The van der Waals surface area contributed by atoms with Crippen LogP contribution in [-0.2, 0) is 4.74 Å². The first kappa shape index (κ1) is 21.8. The van der Waals surface area contributed by atoms with Crippen LogP contribution in [-0.4, -0.2) is 74.4 Å². The number of hydrogen-bond acceptors (Lipinski definition) is 5. The van der Waals surface area contributed by atoms with E-state index in [0.717, 1.165) is 32.5 Å². The number of benzene rings is 1. The van der Waals surface area contributed by atoms with Crippen molar-refractivity contribution in [3.8, 4) is 11.5 Å². The Labute approximate surface area is 170 Å². The number of alkyl halides is 2. The fourth-order valence-corrected chi connectivity index (χ4v) is 4.34. The smallest absolute Gasteiger partial charge is 0.387 e. The third-order valence-corrected chi connectivity index (χ3v) is 5.55. The van der Waals surface area contributed by atoms with Gasteiger partial charge in [0.2, 0.25) is 0 Å². The van der Waals surface area contributed by atoms with Gasteiger partial charge in [0, 0.05) is 32.7 Å². The Balaban J connectivity index is 1.60. The highest BCUT2D eigenvalue weighted by Gasteiger charge is 2.30. The van der Waals surface area contributed by atoms with E-state index in [1.54, 1.807) is 11.0 Å². The Hall–Kier alpha value is -1.93. The number of halogens is 2. The number of morpholine rings is 1. The highest BCUT2D eigenvalue weighted by molar-refractivity contribution is 5.97. The van der Waals surface area contributed by atoms with Gasteiger partial charge in [-0.05, 0) is 44.7 Å². The van der Waals surface area contributed by atoms with Crippen molar-refractivity contribution in [2.45, 2.75) is 45.5 Å². The zero-order chi connectivity index (χ0) is 21.0. The maximum absolute atomic E-state index is 13.0. The van der Waals surface area contributed by atoms with Gasteiger partial charge in [0.05, 0.1) is 24.9 Å². The number of likely N-dealkylation sites (tertiary alicyclic amines) is 1. The molecule has 2 aliphatic heterocycles. The lowest BCUT2D eigenvalue weighted by molar-refractivity contribution is -0.0728. The predicted octanol–water partition coefficient (Wildman–Crippen LogP) is 3.26. The molecule has 0 aromatic heterocycles. The van der Waals surface area contributed by atoms with E-state index in [4.69, 9.17) is 9.47 Å². The molecule has 2 atom stereocenters. The van der Waals surface area contributed by atoms with Crippen LogP contribution < -0.4 is 9.47 Å². The van der Waals surface area contributed by atoms with Crippen molar-refractivity contribution in [2.24, 2.45) is 5.92 Å². The van der Waals surface area contributed by atoms with E-state index in [-0.39, 0.29) is 35.2 Å². The number of nitrogens with zero attached hydrogens (tertiary/aromatic N) is 2. The van der Waals surface area contributed by atoms with Crippen LogP contribution in [0.25, 0.3) is 0 Å². The zero-order valence-corrected chi connectivity index (χ0v) is 17.3. The predicted molar refractivity (Wildman–Crippen MR) is 105 cm³/mol. The first-order chi connectivity index (χ1) is 13.9. The summed E-state index contributed by atoms with van der Waals surface area (Å²) in [6, 6.07) is 4.62. The molecule has 1 aromatic rings. The summed E-state index contributed by atoms with van der Waals surface area (Å²) in [4.78, 5) is 17.1. The molecule has 0 N–H and O–H groups in total. The Morgan fingerprint density at radius 2 is 1.86 bits per heavy atom. The zero-order valence-electron chi connectivity index (χ0n) is 17.3. The van der Waals surface area contributed by atoms with E-state index in [0.29, 0.717) is 19.0 Å². The van der Waals surface area contributed by atoms with Gasteiger partial charge in [0.15, 0.2) is 11.5 Å². The first-order valence-electron chi connectivity index (χ1n) is 10.2. The second-order valence-electron chi connectivity index (χ2n) is 7.93. The van der Waals surface area contributed by atoms with Gasteiger partial charge in [-0.3, -0.25) is 9.69 Å². The number of rotatable bonds is 6. The first-order valence-corrected chi connectivity index (χ1v) is 10.2. The van der Waals surface area contributed by atoms with Crippen LogP contribution in [0.5, 0.6) is 11.5 Å². The van der Waals surface area contributed by atoms with Crippen LogP contribution in [0, 0.1) is 5.92 Å². The Kier molecular flexibility index (Phi) is 7.29. The van der Waals surface area contributed by atoms with Gasteiger partial charge in [-0.1, -0.05) is 6.07 Å². The van der Waals surface area contributed by atoms with E-state index in [1.807, 2.05) is 0 Å². The number of carbonyl (C=O) groups is 1. The highest BCUT2D eigenvalue weighted by Crippen LogP contribution is 2.34. The SMILES string of the molecule is COc1cccc(C(=O)N2CCC(CN3CC(C)OC(C)C3)CC2)c1OC(F)F. The summed E-state index contributed by atoms with van der Waals surface area (Å²) in [6.07, 6.45) is 2.25. The van der Waals surface area contributed by atoms with E-state index in [2.05, 4.69) is 23.5 Å². The third kappa shape index (κ3) is 5.57. The molecule has 0 saturated carbocycles. The fraction of sp³-hybridized carbons (Fsp3) is 0.667. The van der Waals surface area contributed by atoms with E-state index in [9.17, 15) is 13.6 Å². The molecule has 1 amide bonds. The van der Waals surface area contributed by atoms with Crippen molar-refractivity contribution < 1.29 is 27.8 Å². The minimum Gasteiger partial charge on any atom is -0.493 e. The van der Waals surface area contributed by atoms with Crippen molar-refractivity contribution in [2.75, 3.05) is 39.8 Å². The lowest BCUT2D eigenvalue weighted by atomic mass is 9.95. The standard InChI is InChI=1S/C21H30F2N2O4/c1-14-11-24(12-15(2)28-14)13-16-7-9-25(10-8-16)20(26)17-5-4-6-18(27-3)19(17)29-21(22)23/h4-6,14-16,21H,7-13H2,1-3H3. The number of carbonyl (C=O) groups excluding carboxylic acids is 1. The molecule has 2 unspecified atom stereocenters. The molecular weight excluding hydrogens is 382 g/mol. The highest BCUT2D eigenvalue weighted by atomic mass is 19.3. The van der Waals surface area contributed by atoms with Crippen LogP contribution in [0.1, 0.15) is 37.0 Å². The maximum atomic E-state index is 13.0. The summed E-state index contributed by atoms with van der Waals surface area (Å²) < 4.78 is 41.2. The van der Waals surface area contributed by atoms with E-state index < -0.39 is 6.61 Å². The average Bonchev–Trinajstić information content (AvgIpc) is 2.67. The van der Waals surface area contributed by atoms with Gasteiger partial charge in [-0.15, -0.1) is 0 Å². The largest absolute Gasteiger partial charge is 0.493 e. The Morgan fingerprint density at radius 1 is 1.21 bits per heavy atom. The lowest BCUT2D eigenvalue weighted by Gasteiger charge is -2.39. The molecule has 2 aliphatic rings. The van der Waals surface area contributed by atoms with Gasteiger partial charge in [-0.25, -0.2) is 0 Å². The summed E-state index contributed by atoms with van der Waals surface area (Å²) in [5.74, 6) is 0.139. The van der Waals surface area contributed by atoms with Crippen molar-refractivity contribution >= 4 is 5.91 Å². The van der Waals surface area contributed by atoms with Crippen LogP contribution in [0.15, 0.2) is 18.2 Å². The molecule has 162 valence electrons. The molecule has 2 heterocycles. The monoisotopic (exact) mass is 412 g/mol. The summed E-state index contributed by atoms with van der Waals surface area (Å²) >= 11 is 0. The van der Waals surface area contributed by atoms with Crippen molar-refractivity contribution in [1.29, 1.82) is 0 Å². The normalized spacial score (nSPS) is 24.0. The molecule has 3 rings (SSSR count). The number of amides is 1. The minimum absolute atomic E-state index is 0.110. The number of para-hydroxylation sites is 1. The summed E-state index contributed by atoms with van der Waals surface area (Å²) in [5, 5.41) is 0. The Bertz CT molecular complexity index is 685. The van der Waals surface area contributed by atoms with Crippen LogP contribution in [0.4, 0.5) is 8.78 Å². The number of piperidine rings is 1. The molecule has 0 bridgehead atoms. The van der Waals surface area contributed by atoms with Gasteiger partial charge >= 0.3 is 6.61 Å². The number of methoxy groups -OCH3 is 1. The number of ether oxygens (including phenoxy) is 3. The van der Waals surface area contributed by atoms with Gasteiger partial charge in [-0.2, -0.15) is 8.78 Å². The molecule has 2 saturated heterocycles. The second-order valence-corrected chi connectivity index (χ2v) is 7.93. The summed E-state index contributed by atoms with van der Waals surface area (Å²) in [7, 11) is 1.36. The number of hydrogen-bond donors (Lipinski definition) is 0. The molecule has 8 heteroatoms. The molecule has 29 heavy (non-hydrogen) atoms. The van der Waals surface area contributed by atoms with Crippen molar-refractivity contribution in [1.82, 2.24) is 9.80 Å². The maximum Gasteiger partial charge on any atom is 0.387 e. The van der Waals surface area contributed by atoms with Crippen LogP contribution in [0.3, 0.4) is 0 Å². The summed E-state index contributed by atoms with van der Waals surface area (Å²) in [6.45, 7) is 5.23. The molecule has 1 aromatic carbocycles. The topological polar surface area (TPSA) is 51.2 Å². The van der Waals surface area contributed by atoms with Gasteiger partial charge in [0.1, 0.15) is 0 Å². The lowest BCUT2D eigenvalue weighted by Crippen LogP contribution is -2.48. The second kappa shape index (κ2) is 9.71. The van der Waals surface area contributed by atoms with Crippen LogP contribution >= 0.6 is 0 Å². The minimum atomic E-state index is -3.03.